The normalized spacial score (nSPS) is 19.4. The van der Waals surface area contributed by atoms with Gasteiger partial charge in [-0.15, -0.1) is 11.8 Å². The number of nitrogens with one attached hydrogen (secondary N) is 2. The molecule has 1 fully saturated rings. The Balaban J connectivity index is 1.29. The maximum absolute atomic E-state index is 13.1. The molecule has 3 amide bonds. The first kappa shape index (κ1) is 30.2. The predicted octanol–water partition coefficient (Wildman–Crippen LogP) is 2.43. The number of aryl methyl sites for hydroxylation is 2. The fourth-order valence-electron chi connectivity index (χ4n) is 4.94. The highest BCUT2D eigenvalue weighted by Gasteiger charge is 2.34. The number of carbonyl (C=O) groups is 3. The van der Waals surface area contributed by atoms with E-state index in [-0.39, 0.29) is 42.7 Å². The van der Waals surface area contributed by atoms with Gasteiger partial charge in [0.25, 0.3) is 5.91 Å². The fourth-order valence-corrected chi connectivity index (χ4v) is 5.69. The number of aromatic nitrogens is 2. The lowest BCUT2D eigenvalue weighted by Crippen LogP contribution is -2.59. The van der Waals surface area contributed by atoms with Crippen LogP contribution in [-0.4, -0.2) is 77.5 Å². The monoisotopic (exact) mass is 609 g/mol. The van der Waals surface area contributed by atoms with E-state index < -0.39 is 6.04 Å². The number of nitrogens with zero attached hydrogens (tertiary/aromatic N) is 3. The van der Waals surface area contributed by atoms with E-state index in [4.69, 9.17) is 18.7 Å². The van der Waals surface area contributed by atoms with Gasteiger partial charge in [-0.3, -0.25) is 14.4 Å². The summed E-state index contributed by atoms with van der Waals surface area (Å²) in [7, 11) is 1.53. The van der Waals surface area contributed by atoms with Crippen molar-refractivity contribution in [3.05, 3.63) is 65.3 Å². The Hall–Kier alpha value is -4.26. The first-order chi connectivity index (χ1) is 20.9. The predicted molar refractivity (Wildman–Crippen MR) is 158 cm³/mol. The molecular formula is C30H35N5O7S. The van der Waals surface area contributed by atoms with Crippen LogP contribution in [-0.2, 0) is 33.1 Å². The molecule has 228 valence electrons. The van der Waals surface area contributed by atoms with Crippen molar-refractivity contribution < 1.29 is 33.1 Å². The van der Waals surface area contributed by atoms with E-state index in [1.807, 2.05) is 36.4 Å². The van der Waals surface area contributed by atoms with E-state index in [0.29, 0.717) is 67.1 Å². The van der Waals surface area contributed by atoms with Gasteiger partial charge in [0.15, 0.2) is 23.9 Å². The number of methoxy groups -OCH3 is 1. The summed E-state index contributed by atoms with van der Waals surface area (Å²) >= 11 is 1.40. The molecule has 2 N–H and O–H groups in total. The van der Waals surface area contributed by atoms with Crippen LogP contribution in [0.5, 0.6) is 17.2 Å². The molecule has 0 saturated carbocycles. The Labute approximate surface area is 253 Å². The molecule has 5 aliphatic heterocycles. The molecule has 4 bridgehead atoms. The van der Waals surface area contributed by atoms with Gasteiger partial charge in [0, 0.05) is 32.5 Å². The molecule has 6 heterocycles. The molecule has 1 aromatic heterocycles. The topological polar surface area (TPSA) is 145 Å². The Morgan fingerprint density at radius 3 is 2.70 bits per heavy atom. The summed E-state index contributed by atoms with van der Waals surface area (Å²) in [6, 6.07) is 12.4. The minimum Gasteiger partial charge on any atom is -0.493 e. The highest BCUT2D eigenvalue weighted by Crippen LogP contribution is 2.29. The van der Waals surface area contributed by atoms with E-state index in [1.165, 1.54) is 18.9 Å². The number of rotatable bonds is 5. The van der Waals surface area contributed by atoms with E-state index in [1.54, 1.807) is 17.9 Å². The quantitative estimate of drug-likeness (QED) is 0.442. The molecule has 0 aliphatic carbocycles. The second kappa shape index (κ2) is 14.3. The standard InChI is InChI=1S/C30H35N5O7S/c1-19-32-29(42-34-19)17-43-18-30(38)35-12-11-24-23(15-35)33-28(37)16-40-25-9-5-20(13-26(25)39-2)6-10-27(36)31-14-21-3-7-22(41-24)8-4-21/h3-5,7-9,13,23-24H,6,10-12,14-18H2,1-2H3,(H,31,36)(H,33,37)/t23-,24-/m1/s1. The minimum atomic E-state index is -0.466. The zero-order valence-corrected chi connectivity index (χ0v) is 25.0. The van der Waals surface area contributed by atoms with Gasteiger partial charge in [-0.2, -0.15) is 4.98 Å². The summed E-state index contributed by atoms with van der Waals surface area (Å²) < 4.78 is 22.7. The lowest BCUT2D eigenvalue weighted by molar-refractivity contribution is -0.133. The smallest absolute Gasteiger partial charge is 0.258 e. The lowest BCUT2D eigenvalue weighted by atomic mass is 10.0. The van der Waals surface area contributed by atoms with Crippen LogP contribution in [0.1, 0.15) is 35.7 Å². The van der Waals surface area contributed by atoms with E-state index >= 15 is 0 Å². The first-order valence-corrected chi connectivity index (χ1v) is 15.3. The summed E-state index contributed by atoms with van der Waals surface area (Å²) in [6.07, 6.45) is 1.01. The second-order valence-corrected chi connectivity index (χ2v) is 11.4. The average Bonchev–Trinajstić information content (AvgIpc) is 3.43. The van der Waals surface area contributed by atoms with Crippen LogP contribution < -0.4 is 24.8 Å². The molecule has 2 aromatic carbocycles. The number of benzene rings is 2. The van der Waals surface area contributed by atoms with Crippen LogP contribution in [0.15, 0.2) is 47.0 Å². The van der Waals surface area contributed by atoms with Crippen LogP contribution in [0, 0.1) is 6.92 Å². The number of hydrogen-bond donors (Lipinski definition) is 2. The zero-order valence-electron chi connectivity index (χ0n) is 24.2. The molecule has 2 atom stereocenters. The van der Waals surface area contributed by atoms with Crippen LogP contribution in [0.3, 0.4) is 0 Å². The molecule has 0 unspecified atom stereocenters. The van der Waals surface area contributed by atoms with Gasteiger partial charge in [0.05, 0.1) is 24.7 Å². The number of likely N-dealkylation sites (tertiary alicyclic amines) is 1. The summed E-state index contributed by atoms with van der Waals surface area (Å²) in [6.45, 7) is 2.67. The third-order valence-corrected chi connectivity index (χ3v) is 8.10. The van der Waals surface area contributed by atoms with Gasteiger partial charge in [-0.25, -0.2) is 0 Å². The third-order valence-electron chi connectivity index (χ3n) is 7.20. The van der Waals surface area contributed by atoms with E-state index in [9.17, 15) is 14.4 Å². The van der Waals surface area contributed by atoms with Gasteiger partial charge in [0.1, 0.15) is 11.9 Å². The van der Waals surface area contributed by atoms with Crippen molar-refractivity contribution >= 4 is 29.5 Å². The lowest BCUT2D eigenvalue weighted by Gasteiger charge is -2.38. The molecule has 5 aliphatic rings. The number of hydrogen-bond acceptors (Lipinski definition) is 10. The Morgan fingerprint density at radius 1 is 1.12 bits per heavy atom. The van der Waals surface area contributed by atoms with Crippen molar-refractivity contribution in [1.82, 2.24) is 25.7 Å². The number of piperidine rings is 1. The van der Waals surface area contributed by atoms with Crippen molar-refractivity contribution in [2.24, 2.45) is 0 Å². The van der Waals surface area contributed by atoms with Crippen molar-refractivity contribution in [1.29, 1.82) is 0 Å². The van der Waals surface area contributed by atoms with Gasteiger partial charge < -0.3 is 34.3 Å². The molecule has 3 aromatic rings. The van der Waals surface area contributed by atoms with E-state index in [2.05, 4.69) is 20.8 Å². The number of thioether (sulfide) groups is 1. The van der Waals surface area contributed by atoms with Crippen molar-refractivity contribution in [3.63, 3.8) is 0 Å². The summed E-state index contributed by atoms with van der Waals surface area (Å²) in [5.74, 6) is 2.79. The summed E-state index contributed by atoms with van der Waals surface area (Å²) in [5.41, 5.74) is 1.86. The number of ether oxygens (including phenoxy) is 3. The highest BCUT2D eigenvalue weighted by molar-refractivity contribution is 7.99. The largest absolute Gasteiger partial charge is 0.493 e. The molecular weight excluding hydrogens is 574 g/mol. The van der Waals surface area contributed by atoms with Crippen LogP contribution >= 0.6 is 11.8 Å². The third kappa shape index (κ3) is 8.40. The maximum Gasteiger partial charge on any atom is 0.258 e. The summed E-state index contributed by atoms with van der Waals surface area (Å²) in [4.78, 5) is 44.5. The molecule has 43 heavy (non-hydrogen) atoms. The fraction of sp³-hybridized carbons (Fsp3) is 0.433. The summed E-state index contributed by atoms with van der Waals surface area (Å²) in [5, 5.41) is 9.75. The van der Waals surface area contributed by atoms with Crippen LogP contribution in [0.4, 0.5) is 0 Å². The van der Waals surface area contributed by atoms with E-state index in [0.717, 1.165) is 11.1 Å². The van der Waals surface area contributed by atoms with Crippen LogP contribution in [0.25, 0.3) is 0 Å². The first-order valence-electron chi connectivity index (χ1n) is 14.1. The average molecular weight is 610 g/mol. The SMILES string of the molecule is COc1cc2ccc1OCC(=O)N[C@@H]1CN(C(=O)CSCc3nc(C)no3)CC[C@H]1Oc1ccc(cc1)CNC(=O)CC2. The molecule has 13 heteroatoms. The number of amides is 3. The molecule has 0 radical (unpaired) electrons. The van der Waals surface area contributed by atoms with Crippen LogP contribution in [0.2, 0.25) is 0 Å². The van der Waals surface area contributed by atoms with Crippen molar-refractivity contribution in [2.75, 3.05) is 32.6 Å². The minimum absolute atomic E-state index is 0.0483. The molecule has 0 spiro atoms. The number of carbonyl (C=O) groups excluding carboxylic acids is 3. The molecule has 8 rings (SSSR count). The second-order valence-electron chi connectivity index (χ2n) is 10.4. The van der Waals surface area contributed by atoms with Crippen molar-refractivity contribution in [2.45, 2.75) is 50.6 Å². The van der Waals surface area contributed by atoms with Gasteiger partial charge in [-0.1, -0.05) is 23.4 Å². The Morgan fingerprint density at radius 2 is 1.93 bits per heavy atom. The molecule has 12 nitrogen and oxygen atoms in total. The highest BCUT2D eigenvalue weighted by atomic mass is 32.2. The maximum atomic E-state index is 13.1. The van der Waals surface area contributed by atoms with Gasteiger partial charge in [0.2, 0.25) is 17.7 Å². The Bertz CT molecular complexity index is 1430. The van der Waals surface area contributed by atoms with Gasteiger partial charge in [-0.05, 0) is 48.7 Å². The van der Waals surface area contributed by atoms with Gasteiger partial charge >= 0.3 is 0 Å². The zero-order chi connectivity index (χ0) is 30.2. The Kier molecular flexibility index (Phi) is 10.0. The van der Waals surface area contributed by atoms with Crippen molar-refractivity contribution in [3.8, 4) is 17.2 Å². The molecule has 1 saturated heterocycles.